The number of carbonyl (C=O) groups excluding carboxylic acids is 1. The van der Waals surface area contributed by atoms with E-state index in [9.17, 15) is 4.79 Å². The summed E-state index contributed by atoms with van der Waals surface area (Å²) in [6.07, 6.45) is 2.64. The number of aromatic nitrogens is 2. The van der Waals surface area contributed by atoms with Crippen molar-refractivity contribution in [2.24, 2.45) is 5.84 Å². The molecule has 0 radical (unpaired) electrons. The van der Waals surface area contributed by atoms with Gasteiger partial charge in [0, 0.05) is 0 Å². The van der Waals surface area contributed by atoms with Crippen LogP contribution in [0, 0.1) is 6.92 Å². The molecule has 1 aromatic carbocycles. The SMILES string of the molecule is Cc1ccc(Cl)c(NC(=O)c2cnc(NN)cn2)c1Cl. The molecule has 0 spiro atoms. The van der Waals surface area contributed by atoms with Crippen molar-refractivity contribution >= 4 is 40.6 Å². The van der Waals surface area contributed by atoms with Crippen molar-refractivity contribution in [3.05, 3.63) is 45.8 Å². The lowest BCUT2D eigenvalue weighted by molar-refractivity contribution is 0.102. The Hall–Kier alpha value is -1.89. The van der Waals surface area contributed by atoms with E-state index in [0.717, 1.165) is 5.56 Å². The number of halogens is 2. The molecule has 6 nitrogen and oxygen atoms in total. The van der Waals surface area contributed by atoms with E-state index in [1.165, 1.54) is 12.4 Å². The molecule has 0 saturated heterocycles. The van der Waals surface area contributed by atoms with Gasteiger partial charge in [-0.1, -0.05) is 29.3 Å². The average molecular weight is 312 g/mol. The second-order valence-corrected chi connectivity index (χ2v) is 4.72. The summed E-state index contributed by atoms with van der Waals surface area (Å²) in [5.41, 5.74) is 3.60. The largest absolute Gasteiger partial charge is 0.318 e. The summed E-state index contributed by atoms with van der Waals surface area (Å²) in [5, 5.41) is 3.35. The predicted molar refractivity (Wildman–Crippen MR) is 79.0 cm³/mol. The van der Waals surface area contributed by atoms with E-state index in [2.05, 4.69) is 20.7 Å². The minimum Gasteiger partial charge on any atom is -0.318 e. The van der Waals surface area contributed by atoms with Gasteiger partial charge >= 0.3 is 0 Å². The standard InChI is InChI=1S/C12H11Cl2N5O/c1-6-2-3-7(13)11(10(6)14)18-12(20)8-4-17-9(19-15)5-16-8/h2-5H,15H2,1H3,(H,17,19)(H,18,20). The van der Waals surface area contributed by atoms with Gasteiger partial charge in [-0.05, 0) is 18.6 Å². The monoisotopic (exact) mass is 311 g/mol. The number of nitrogens with two attached hydrogens (primary N) is 1. The molecule has 0 bridgehead atoms. The van der Waals surface area contributed by atoms with Crippen LogP contribution in [0.4, 0.5) is 11.5 Å². The molecule has 2 rings (SSSR count). The van der Waals surface area contributed by atoms with Crippen LogP contribution in [0.25, 0.3) is 0 Å². The Balaban J connectivity index is 2.25. The first kappa shape index (κ1) is 14.5. The molecule has 1 amide bonds. The summed E-state index contributed by atoms with van der Waals surface area (Å²) >= 11 is 12.1. The summed E-state index contributed by atoms with van der Waals surface area (Å²) in [7, 11) is 0. The topological polar surface area (TPSA) is 92.9 Å². The molecule has 0 aliphatic carbocycles. The van der Waals surface area contributed by atoms with Gasteiger partial charge in [-0.2, -0.15) is 0 Å². The lowest BCUT2D eigenvalue weighted by atomic mass is 10.2. The molecule has 1 aromatic heterocycles. The van der Waals surface area contributed by atoms with Crippen LogP contribution in [0.1, 0.15) is 16.1 Å². The third kappa shape index (κ3) is 2.98. The Morgan fingerprint density at radius 3 is 2.60 bits per heavy atom. The van der Waals surface area contributed by atoms with Crippen molar-refractivity contribution in [3.8, 4) is 0 Å². The van der Waals surface area contributed by atoms with Crippen molar-refractivity contribution < 1.29 is 4.79 Å². The van der Waals surface area contributed by atoms with Crippen molar-refractivity contribution in [2.45, 2.75) is 6.92 Å². The minimum atomic E-state index is -0.463. The van der Waals surface area contributed by atoms with Crippen LogP contribution in [0.3, 0.4) is 0 Å². The number of nitrogens with one attached hydrogen (secondary N) is 2. The lowest BCUT2D eigenvalue weighted by Gasteiger charge is -2.10. The molecule has 0 atom stereocenters. The zero-order chi connectivity index (χ0) is 14.7. The number of aryl methyl sites for hydroxylation is 1. The second-order valence-electron chi connectivity index (χ2n) is 3.94. The van der Waals surface area contributed by atoms with Crippen LogP contribution in [0.2, 0.25) is 10.0 Å². The van der Waals surface area contributed by atoms with E-state index in [4.69, 9.17) is 29.0 Å². The molecule has 2 aromatic rings. The molecular weight excluding hydrogens is 301 g/mol. The summed E-state index contributed by atoms with van der Waals surface area (Å²) in [6.45, 7) is 1.82. The van der Waals surface area contributed by atoms with Gasteiger partial charge in [0.25, 0.3) is 5.91 Å². The van der Waals surface area contributed by atoms with Gasteiger partial charge in [-0.15, -0.1) is 0 Å². The number of anilines is 2. The molecule has 0 fully saturated rings. The smallest absolute Gasteiger partial charge is 0.275 e. The quantitative estimate of drug-likeness (QED) is 0.598. The van der Waals surface area contributed by atoms with Crippen molar-refractivity contribution in [3.63, 3.8) is 0 Å². The Bertz CT molecular complexity index is 645. The Morgan fingerprint density at radius 1 is 1.25 bits per heavy atom. The normalized spacial score (nSPS) is 10.2. The fraction of sp³-hybridized carbons (Fsp3) is 0.0833. The van der Waals surface area contributed by atoms with Crippen LogP contribution < -0.4 is 16.6 Å². The number of nitrogens with zero attached hydrogens (tertiary/aromatic N) is 2. The number of nitrogen functional groups attached to an aromatic ring is 1. The average Bonchev–Trinajstić information content (AvgIpc) is 2.47. The fourth-order valence-electron chi connectivity index (χ4n) is 1.47. The molecule has 0 saturated carbocycles. The van der Waals surface area contributed by atoms with Crippen LogP contribution in [-0.2, 0) is 0 Å². The van der Waals surface area contributed by atoms with Crippen LogP contribution in [-0.4, -0.2) is 15.9 Å². The van der Waals surface area contributed by atoms with Gasteiger partial charge < -0.3 is 10.7 Å². The number of hydrazine groups is 1. The van der Waals surface area contributed by atoms with Gasteiger partial charge in [-0.25, -0.2) is 15.8 Å². The maximum absolute atomic E-state index is 12.0. The molecule has 0 aliphatic heterocycles. The molecule has 0 unspecified atom stereocenters. The number of rotatable bonds is 3. The third-order valence-corrected chi connectivity index (χ3v) is 3.36. The number of hydrogen-bond donors (Lipinski definition) is 3. The van der Waals surface area contributed by atoms with Crippen LogP contribution in [0.5, 0.6) is 0 Å². The number of amides is 1. The highest BCUT2D eigenvalue weighted by molar-refractivity contribution is 6.40. The molecule has 0 aliphatic rings. The molecular formula is C12H11Cl2N5O. The van der Waals surface area contributed by atoms with Crippen molar-refractivity contribution in [1.29, 1.82) is 0 Å². The summed E-state index contributed by atoms with van der Waals surface area (Å²) in [5.74, 6) is 5.06. The third-order valence-electron chi connectivity index (χ3n) is 2.56. The van der Waals surface area contributed by atoms with Gasteiger partial charge in [0.15, 0.2) is 5.82 Å². The van der Waals surface area contributed by atoms with Gasteiger partial charge in [0.1, 0.15) is 5.69 Å². The first-order valence-corrected chi connectivity index (χ1v) is 6.33. The Kier molecular flexibility index (Phi) is 4.39. The summed E-state index contributed by atoms with van der Waals surface area (Å²) < 4.78 is 0. The zero-order valence-electron chi connectivity index (χ0n) is 10.4. The minimum absolute atomic E-state index is 0.123. The van der Waals surface area contributed by atoms with Crippen LogP contribution in [0.15, 0.2) is 24.5 Å². The highest BCUT2D eigenvalue weighted by atomic mass is 35.5. The molecule has 8 heteroatoms. The van der Waals surface area contributed by atoms with E-state index < -0.39 is 5.91 Å². The van der Waals surface area contributed by atoms with Crippen molar-refractivity contribution in [2.75, 3.05) is 10.7 Å². The van der Waals surface area contributed by atoms with E-state index >= 15 is 0 Å². The molecule has 4 N–H and O–H groups in total. The van der Waals surface area contributed by atoms with Crippen molar-refractivity contribution in [1.82, 2.24) is 9.97 Å². The first-order chi connectivity index (χ1) is 9.52. The number of carbonyl (C=O) groups is 1. The maximum Gasteiger partial charge on any atom is 0.275 e. The fourth-order valence-corrected chi connectivity index (χ4v) is 1.93. The second kappa shape index (κ2) is 6.04. The van der Waals surface area contributed by atoms with E-state index in [1.807, 2.05) is 6.92 Å². The summed E-state index contributed by atoms with van der Waals surface area (Å²) in [6, 6.07) is 3.42. The van der Waals surface area contributed by atoms with Crippen LogP contribution >= 0.6 is 23.2 Å². The first-order valence-electron chi connectivity index (χ1n) is 5.57. The van der Waals surface area contributed by atoms with Gasteiger partial charge in [0.05, 0.1) is 28.1 Å². The predicted octanol–water partition coefficient (Wildman–Crippen LogP) is 2.63. The molecule has 1 heterocycles. The highest BCUT2D eigenvalue weighted by Gasteiger charge is 2.14. The van der Waals surface area contributed by atoms with Gasteiger partial charge in [0.2, 0.25) is 0 Å². The molecule has 104 valence electrons. The summed E-state index contributed by atoms with van der Waals surface area (Å²) in [4.78, 5) is 19.9. The maximum atomic E-state index is 12.0. The Morgan fingerprint density at radius 2 is 2.00 bits per heavy atom. The number of benzene rings is 1. The molecule has 20 heavy (non-hydrogen) atoms. The Labute approximate surface area is 125 Å². The van der Waals surface area contributed by atoms with E-state index in [1.54, 1.807) is 12.1 Å². The zero-order valence-corrected chi connectivity index (χ0v) is 12.0. The van der Waals surface area contributed by atoms with E-state index in [0.29, 0.717) is 21.6 Å². The highest BCUT2D eigenvalue weighted by Crippen LogP contribution is 2.33. The van der Waals surface area contributed by atoms with Gasteiger partial charge in [-0.3, -0.25) is 4.79 Å². The number of hydrogen-bond acceptors (Lipinski definition) is 5. The lowest BCUT2D eigenvalue weighted by Crippen LogP contribution is -2.16. The van der Waals surface area contributed by atoms with E-state index in [-0.39, 0.29) is 5.69 Å².